The van der Waals surface area contributed by atoms with Crippen LogP contribution in [0.2, 0.25) is 0 Å². The fourth-order valence-corrected chi connectivity index (χ4v) is 12.4. The number of rotatable bonds is 31. The second-order valence-corrected chi connectivity index (χ2v) is 21.6. The van der Waals surface area contributed by atoms with E-state index in [1.54, 1.807) is 18.7 Å². The number of ether oxygens (including phenoxy) is 8. The van der Waals surface area contributed by atoms with E-state index in [1.165, 1.54) is 19.1 Å². The molecule has 418 valence electrons. The average Bonchev–Trinajstić information content (AvgIpc) is 3.94. The summed E-state index contributed by atoms with van der Waals surface area (Å²) >= 11 is 1.56. The summed E-state index contributed by atoms with van der Waals surface area (Å²) in [6.45, 7) is 9.58. The molecule has 0 bridgehead atoms. The van der Waals surface area contributed by atoms with Crippen molar-refractivity contribution in [2.24, 2.45) is 22.7 Å². The van der Waals surface area contributed by atoms with Gasteiger partial charge in [-0.15, -0.1) is 0 Å². The van der Waals surface area contributed by atoms with E-state index in [4.69, 9.17) is 47.5 Å². The number of Topliss-reactive ketones (excluding diaryl/α,β-unsaturated/α-hetero) is 3. The van der Waals surface area contributed by atoms with E-state index in [1.807, 2.05) is 61.7 Å². The molecule has 5 aliphatic rings. The van der Waals surface area contributed by atoms with Gasteiger partial charge in [-0.25, -0.2) is 8.78 Å². The lowest BCUT2D eigenvalue weighted by Gasteiger charge is -2.63. The molecule has 0 radical (unpaired) electrons. The first-order chi connectivity index (χ1) is 36.5. The summed E-state index contributed by atoms with van der Waals surface area (Å²) in [5.41, 5.74) is -3.28. The fourth-order valence-electron chi connectivity index (χ4n) is 12.0. The van der Waals surface area contributed by atoms with E-state index in [9.17, 15) is 29.4 Å². The SMILES string of the molecule is CSC(C)C(=O)CCCOCCOCCOCCOCCOCCOCCC(=O)Cc1cccc(Cc2ccc([C@@H]3O[C@@H]4C[C@H]5[C@@H]6C[C@H](F)C7=CC(=O)C=C[C@]7(C)[C@@]6(F)[C@@H](O)C[C@]5(C)[C@]4(C(=O)CO)O3)cc2)c1.O=C=O. The molecular weight excluding hydrogens is 1010 g/mol. The summed E-state index contributed by atoms with van der Waals surface area (Å²) in [5.74, 6) is -2.41. The number of alkyl halides is 2. The lowest BCUT2D eigenvalue weighted by Crippen LogP contribution is -2.70. The third-order valence-corrected chi connectivity index (χ3v) is 16.9. The Kier molecular flexibility index (Phi) is 23.0. The monoisotopic (exact) mass is 1080 g/mol. The Morgan fingerprint density at radius 3 is 1.99 bits per heavy atom. The van der Waals surface area contributed by atoms with Gasteiger partial charge in [-0.05, 0) is 92.5 Å². The number of allylic oxidation sites excluding steroid dienone is 4. The van der Waals surface area contributed by atoms with Gasteiger partial charge in [0.05, 0.1) is 90.1 Å². The molecule has 2 N–H and O–H groups in total. The number of carbonyl (C=O) groups is 4. The summed E-state index contributed by atoms with van der Waals surface area (Å²) in [6, 6.07) is 15.4. The van der Waals surface area contributed by atoms with E-state index in [-0.39, 0.29) is 60.6 Å². The quantitative estimate of drug-likeness (QED) is 0.0823. The molecule has 0 spiro atoms. The molecule has 1 heterocycles. The number of ketones is 4. The third kappa shape index (κ3) is 14.0. The number of thioether (sulfide) groups is 1. The Labute approximate surface area is 447 Å². The Balaban J connectivity index is 0.00000305. The summed E-state index contributed by atoms with van der Waals surface area (Å²) in [7, 11) is 0. The van der Waals surface area contributed by atoms with Crippen LogP contribution in [0.5, 0.6) is 0 Å². The van der Waals surface area contributed by atoms with Gasteiger partial charge in [0, 0.05) is 48.2 Å². The van der Waals surface area contributed by atoms with E-state index in [0.717, 1.165) is 29.2 Å². The minimum Gasteiger partial charge on any atom is -0.390 e. The van der Waals surface area contributed by atoms with Crippen molar-refractivity contribution in [3.8, 4) is 0 Å². The van der Waals surface area contributed by atoms with Crippen molar-refractivity contribution in [3.05, 3.63) is 94.6 Å². The summed E-state index contributed by atoms with van der Waals surface area (Å²) < 4.78 is 80.1. The first kappa shape index (κ1) is 61.0. The molecule has 76 heavy (non-hydrogen) atoms. The predicted octanol–water partition coefficient (Wildman–Crippen LogP) is 6.04. The van der Waals surface area contributed by atoms with Crippen molar-refractivity contribution >= 4 is 41.0 Å². The molecule has 1 unspecified atom stereocenters. The van der Waals surface area contributed by atoms with Crippen molar-refractivity contribution < 1.29 is 85.7 Å². The molecule has 1 saturated heterocycles. The number of benzene rings is 2. The van der Waals surface area contributed by atoms with Crippen molar-refractivity contribution in [3.63, 3.8) is 0 Å². The van der Waals surface area contributed by atoms with E-state index in [0.29, 0.717) is 97.7 Å². The van der Waals surface area contributed by atoms with Gasteiger partial charge in [0.15, 0.2) is 29.1 Å². The van der Waals surface area contributed by atoms with Crippen molar-refractivity contribution in [1.82, 2.24) is 0 Å². The van der Waals surface area contributed by atoms with Crippen LogP contribution in [-0.4, -0.2) is 167 Å². The maximum absolute atomic E-state index is 17.8. The van der Waals surface area contributed by atoms with Gasteiger partial charge in [-0.1, -0.05) is 61.5 Å². The molecular formula is C57H74F2O16S. The molecule has 1 aliphatic heterocycles. The van der Waals surface area contributed by atoms with Crippen molar-refractivity contribution in [2.45, 2.75) is 113 Å². The number of fused-ring (bicyclic) bond motifs is 7. The Morgan fingerprint density at radius 2 is 1.39 bits per heavy atom. The summed E-state index contributed by atoms with van der Waals surface area (Å²) in [5, 5.41) is 22.2. The number of carbonyl (C=O) groups excluding carboxylic acids is 6. The van der Waals surface area contributed by atoms with E-state index >= 15 is 8.78 Å². The van der Waals surface area contributed by atoms with Gasteiger partial charge in [0.2, 0.25) is 0 Å². The van der Waals surface area contributed by atoms with Gasteiger partial charge in [0.1, 0.15) is 24.3 Å². The molecule has 19 heteroatoms. The van der Waals surface area contributed by atoms with Crippen LogP contribution in [0.15, 0.2) is 72.3 Å². The van der Waals surface area contributed by atoms with Crippen LogP contribution in [0.3, 0.4) is 0 Å². The highest BCUT2D eigenvalue weighted by atomic mass is 32.2. The van der Waals surface area contributed by atoms with Crippen LogP contribution >= 0.6 is 11.8 Å². The normalized spacial score (nSPS) is 29.5. The average molecular weight is 1090 g/mol. The van der Waals surface area contributed by atoms with Crippen LogP contribution in [0.4, 0.5) is 8.78 Å². The highest BCUT2D eigenvalue weighted by molar-refractivity contribution is 7.99. The van der Waals surface area contributed by atoms with Crippen LogP contribution in [0.1, 0.15) is 87.8 Å². The highest BCUT2D eigenvalue weighted by Crippen LogP contribution is 2.72. The number of hydrogen-bond acceptors (Lipinski definition) is 17. The molecule has 2 aromatic rings. The molecule has 4 aliphatic carbocycles. The van der Waals surface area contributed by atoms with E-state index in [2.05, 4.69) is 0 Å². The molecule has 2 aromatic carbocycles. The Morgan fingerprint density at radius 1 is 0.816 bits per heavy atom. The maximum Gasteiger partial charge on any atom is 0.373 e. The van der Waals surface area contributed by atoms with Crippen LogP contribution in [0.25, 0.3) is 0 Å². The van der Waals surface area contributed by atoms with Crippen LogP contribution < -0.4 is 0 Å². The van der Waals surface area contributed by atoms with Crippen LogP contribution in [0, 0.1) is 22.7 Å². The molecule has 7 rings (SSSR count). The molecule has 3 saturated carbocycles. The fraction of sp³-hybridized carbons (Fsp3) is 0.632. The number of aliphatic hydroxyl groups excluding tert-OH is 2. The minimum atomic E-state index is -2.33. The standard InChI is InChI=1S/C56H74F2O14S.CO2/c1-37(73-4)48(62)9-6-17-65-19-21-67-23-25-69-27-28-70-26-24-68-22-20-66-18-15-43(61)31-40-8-5-7-39(30-40)29-38-10-12-41(13-11-38)52-71-51-34-44-45-33-47(57)46-32-42(60)14-16-53(46,2)55(45,58)49(63)35-54(44,3)56(51,72-52)50(64)36-59;2-1-3/h5,7-8,10-14,16,30,32,37,44-45,47,49,51-52,59,63H,6,9,15,17-29,31,33-36H2,1-4H3;/t37?,44-,45-,47-,49-,51+,52+,53-,54-,55-,56+;/m0./s1. The lowest BCUT2D eigenvalue weighted by atomic mass is 9.44. The Hall–Kier alpha value is -4.21. The molecule has 0 aromatic heterocycles. The van der Waals surface area contributed by atoms with Crippen molar-refractivity contribution in [2.75, 3.05) is 92.1 Å². The van der Waals surface area contributed by atoms with Gasteiger partial charge in [-0.2, -0.15) is 21.4 Å². The summed E-state index contributed by atoms with van der Waals surface area (Å²) in [6.07, 6.45) is 2.88. The van der Waals surface area contributed by atoms with Crippen molar-refractivity contribution in [1.29, 1.82) is 0 Å². The Bertz CT molecular complexity index is 2360. The smallest absolute Gasteiger partial charge is 0.373 e. The molecule has 0 amide bonds. The first-order valence-corrected chi connectivity index (χ1v) is 27.4. The van der Waals surface area contributed by atoms with Gasteiger partial charge >= 0.3 is 6.15 Å². The van der Waals surface area contributed by atoms with Gasteiger partial charge in [0.25, 0.3) is 0 Å². The third-order valence-electron chi connectivity index (χ3n) is 15.9. The molecule has 11 atom stereocenters. The maximum atomic E-state index is 17.8. The predicted molar refractivity (Wildman–Crippen MR) is 274 cm³/mol. The second-order valence-electron chi connectivity index (χ2n) is 20.4. The topological polar surface area (TPSA) is 217 Å². The zero-order valence-electron chi connectivity index (χ0n) is 44.0. The largest absolute Gasteiger partial charge is 0.390 e. The molecule has 4 fully saturated rings. The lowest BCUT2D eigenvalue weighted by molar-refractivity contribution is -0.235. The summed E-state index contributed by atoms with van der Waals surface area (Å²) in [4.78, 5) is 67.1. The number of aliphatic hydroxyl groups is 2. The number of hydrogen-bond donors (Lipinski definition) is 2. The van der Waals surface area contributed by atoms with Gasteiger partial charge in [-0.3, -0.25) is 19.2 Å². The van der Waals surface area contributed by atoms with Crippen LogP contribution in [-0.2, 0) is 79.5 Å². The first-order valence-electron chi connectivity index (χ1n) is 26.2. The second kappa shape index (κ2) is 28.6. The minimum absolute atomic E-state index is 0.0197. The van der Waals surface area contributed by atoms with Gasteiger partial charge < -0.3 is 48.1 Å². The zero-order valence-corrected chi connectivity index (χ0v) is 44.8. The number of halogens is 2. The zero-order chi connectivity index (χ0) is 54.9. The van der Waals surface area contributed by atoms with E-state index < -0.39 is 76.8 Å². The molecule has 16 nitrogen and oxygen atoms in total. The highest BCUT2D eigenvalue weighted by Gasteiger charge is 2.80.